The third kappa shape index (κ3) is 5.47. The number of aryl methyl sites for hydroxylation is 1. The number of amides is 1. The summed E-state index contributed by atoms with van der Waals surface area (Å²) in [7, 11) is 0. The minimum Gasteiger partial charge on any atom is -0.507 e. The highest BCUT2D eigenvalue weighted by atomic mass is 32.1. The van der Waals surface area contributed by atoms with Crippen LogP contribution >= 0.6 is 11.3 Å². The quantitative estimate of drug-likeness (QED) is 0.163. The summed E-state index contributed by atoms with van der Waals surface area (Å²) in [6.45, 7) is 8.27. The highest BCUT2D eigenvalue weighted by Crippen LogP contribution is 2.44. The summed E-state index contributed by atoms with van der Waals surface area (Å²) in [5.41, 5.74) is 1.29. The molecule has 2 aromatic carbocycles. The third-order valence-electron chi connectivity index (χ3n) is 6.08. The number of hydrogen-bond acceptors (Lipinski definition) is 8. The van der Waals surface area contributed by atoms with Gasteiger partial charge in [-0.15, -0.1) is 0 Å². The number of rotatable bonds is 9. The number of thiazole rings is 1. The minimum absolute atomic E-state index is 0.0638. The lowest BCUT2D eigenvalue weighted by molar-refractivity contribution is -0.132. The molecule has 4 rings (SSSR count). The topological polar surface area (TPSA) is 106 Å². The fourth-order valence-corrected chi connectivity index (χ4v) is 5.14. The average molecular weight is 535 g/mol. The molecule has 1 aliphatic rings. The lowest BCUT2D eigenvalue weighted by Gasteiger charge is -2.23. The Morgan fingerprint density at radius 3 is 2.55 bits per heavy atom. The Kier molecular flexibility index (Phi) is 8.26. The van der Waals surface area contributed by atoms with Gasteiger partial charge in [-0.2, -0.15) is 0 Å². The van der Waals surface area contributed by atoms with Gasteiger partial charge in [-0.1, -0.05) is 67.6 Å². The third-order valence-corrected chi connectivity index (χ3v) is 7.22. The van der Waals surface area contributed by atoms with Gasteiger partial charge in [-0.25, -0.2) is 9.78 Å². The van der Waals surface area contributed by atoms with Crippen LogP contribution in [0.15, 0.2) is 60.2 Å². The second kappa shape index (κ2) is 11.6. The highest BCUT2D eigenvalue weighted by Gasteiger charge is 2.48. The standard InChI is InChI=1S/C29H30N2O6S/c1-5-36-28(35)26-18(4)30-29(38-26)31-23(20-12-9-13-21(16-20)37-15-14-17(2)3)22(25(33)27(31)34)24(32)19-10-7-6-8-11-19/h6-13,16-17,23,32H,5,14-15H2,1-4H3. The highest BCUT2D eigenvalue weighted by molar-refractivity contribution is 7.17. The summed E-state index contributed by atoms with van der Waals surface area (Å²) in [5.74, 6) is -1.47. The fraction of sp³-hybridized carbons (Fsp3) is 0.310. The van der Waals surface area contributed by atoms with Crippen LogP contribution in [0.2, 0.25) is 0 Å². The Labute approximate surface area is 225 Å². The molecular formula is C29H30N2O6S. The Balaban J connectivity index is 1.85. The lowest BCUT2D eigenvalue weighted by atomic mass is 9.95. The van der Waals surface area contributed by atoms with Crippen LogP contribution in [0.25, 0.3) is 5.76 Å². The second-order valence-corrected chi connectivity index (χ2v) is 10.2. The summed E-state index contributed by atoms with van der Waals surface area (Å²) >= 11 is 0.972. The molecule has 0 bridgehead atoms. The largest absolute Gasteiger partial charge is 0.507 e. The summed E-state index contributed by atoms with van der Waals surface area (Å²) < 4.78 is 11.1. The van der Waals surface area contributed by atoms with Crippen molar-refractivity contribution in [2.75, 3.05) is 18.1 Å². The van der Waals surface area contributed by atoms with Crippen LogP contribution < -0.4 is 9.64 Å². The summed E-state index contributed by atoms with van der Waals surface area (Å²) in [5, 5.41) is 11.4. The van der Waals surface area contributed by atoms with Gasteiger partial charge in [0.25, 0.3) is 5.78 Å². The van der Waals surface area contributed by atoms with E-state index in [9.17, 15) is 19.5 Å². The molecule has 1 aliphatic heterocycles. The monoisotopic (exact) mass is 534 g/mol. The molecule has 38 heavy (non-hydrogen) atoms. The number of aliphatic hydroxyl groups excluding tert-OH is 1. The smallest absolute Gasteiger partial charge is 0.350 e. The van der Waals surface area contributed by atoms with Crippen molar-refractivity contribution in [3.05, 3.63) is 81.9 Å². The maximum atomic E-state index is 13.4. The molecule has 0 aliphatic carbocycles. The van der Waals surface area contributed by atoms with E-state index in [2.05, 4.69) is 18.8 Å². The molecule has 0 saturated carbocycles. The zero-order valence-electron chi connectivity index (χ0n) is 21.8. The number of benzene rings is 2. The SMILES string of the molecule is CCOC(=O)c1sc(N2C(=O)C(=O)C(=C(O)c3ccccc3)C2c2cccc(OCCC(C)C)c2)nc1C. The molecule has 1 unspecified atom stereocenters. The summed E-state index contributed by atoms with van der Waals surface area (Å²) in [4.78, 5) is 45.2. The first kappa shape index (κ1) is 27.1. The number of aromatic nitrogens is 1. The zero-order chi connectivity index (χ0) is 27.4. The van der Waals surface area contributed by atoms with E-state index in [-0.39, 0.29) is 27.9 Å². The minimum atomic E-state index is -0.982. The van der Waals surface area contributed by atoms with Gasteiger partial charge in [0.15, 0.2) is 5.13 Å². The normalized spacial score (nSPS) is 16.8. The van der Waals surface area contributed by atoms with E-state index in [4.69, 9.17) is 9.47 Å². The molecule has 1 amide bonds. The van der Waals surface area contributed by atoms with Gasteiger partial charge >= 0.3 is 11.9 Å². The molecule has 8 nitrogen and oxygen atoms in total. The molecule has 3 aromatic rings. The van der Waals surface area contributed by atoms with Crippen molar-refractivity contribution < 1.29 is 29.0 Å². The number of esters is 1. The van der Waals surface area contributed by atoms with Crippen molar-refractivity contribution >= 4 is 39.9 Å². The molecule has 9 heteroatoms. The van der Waals surface area contributed by atoms with Crippen LogP contribution in [-0.2, 0) is 14.3 Å². The van der Waals surface area contributed by atoms with Gasteiger partial charge < -0.3 is 14.6 Å². The number of anilines is 1. The molecular weight excluding hydrogens is 504 g/mol. The van der Waals surface area contributed by atoms with Crippen LogP contribution in [-0.4, -0.2) is 41.0 Å². The number of aliphatic hydroxyl groups is 1. The number of hydrogen-bond donors (Lipinski definition) is 1. The Bertz CT molecular complexity index is 1380. The van der Waals surface area contributed by atoms with Crippen molar-refractivity contribution in [3.8, 4) is 5.75 Å². The average Bonchev–Trinajstić information content (AvgIpc) is 3.41. The zero-order valence-corrected chi connectivity index (χ0v) is 22.6. The Morgan fingerprint density at radius 1 is 1.13 bits per heavy atom. The van der Waals surface area contributed by atoms with Gasteiger partial charge in [-0.3, -0.25) is 14.5 Å². The van der Waals surface area contributed by atoms with Crippen molar-refractivity contribution in [1.29, 1.82) is 0 Å². The first-order valence-electron chi connectivity index (χ1n) is 12.5. The molecule has 1 N–H and O–H groups in total. The number of Topliss-reactive ketones (excluding diaryl/α,β-unsaturated/α-hetero) is 1. The predicted molar refractivity (Wildman–Crippen MR) is 145 cm³/mol. The van der Waals surface area contributed by atoms with Crippen molar-refractivity contribution in [2.45, 2.75) is 40.2 Å². The molecule has 1 aromatic heterocycles. The van der Waals surface area contributed by atoms with E-state index in [1.807, 2.05) is 0 Å². The van der Waals surface area contributed by atoms with E-state index in [0.717, 1.165) is 17.8 Å². The summed E-state index contributed by atoms with van der Waals surface area (Å²) in [6.07, 6.45) is 0.867. The lowest BCUT2D eigenvalue weighted by Crippen LogP contribution is -2.29. The van der Waals surface area contributed by atoms with Crippen molar-refractivity contribution in [3.63, 3.8) is 0 Å². The van der Waals surface area contributed by atoms with E-state index in [1.165, 1.54) is 4.90 Å². The molecule has 1 saturated heterocycles. The van der Waals surface area contributed by atoms with Gasteiger partial charge in [0.1, 0.15) is 16.4 Å². The molecule has 0 spiro atoms. The first-order valence-corrected chi connectivity index (χ1v) is 13.3. The van der Waals surface area contributed by atoms with Crippen LogP contribution in [0, 0.1) is 12.8 Å². The van der Waals surface area contributed by atoms with Gasteiger partial charge in [0, 0.05) is 5.56 Å². The maximum Gasteiger partial charge on any atom is 0.350 e. The van der Waals surface area contributed by atoms with Crippen LogP contribution in [0.3, 0.4) is 0 Å². The second-order valence-electron chi connectivity index (χ2n) is 9.27. The van der Waals surface area contributed by atoms with E-state index < -0.39 is 23.7 Å². The first-order chi connectivity index (χ1) is 18.2. The van der Waals surface area contributed by atoms with Crippen molar-refractivity contribution in [1.82, 2.24) is 4.98 Å². The number of carbonyl (C=O) groups is 3. The predicted octanol–water partition coefficient (Wildman–Crippen LogP) is 5.68. The Morgan fingerprint density at radius 2 is 1.87 bits per heavy atom. The van der Waals surface area contributed by atoms with Crippen LogP contribution in [0.1, 0.15) is 59.7 Å². The van der Waals surface area contributed by atoms with E-state index in [0.29, 0.717) is 35.1 Å². The van der Waals surface area contributed by atoms with Crippen LogP contribution in [0.5, 0.6) is 5.75 Å². The summed E-state index contributed by atoms with van der Waals surface area (Å²) in [6, 6.07) is 14.7. The molecule has 198 valence electrons. The van der Waals surface area contributed by atoms with Crippen LogP contribution in [0.4, 0.5) is 5.13 Å². The number of carbonyl (C=O) groups excluding carboxylic acids is 3. The number of ether oxygens (including phenoxy) is 2. The van der Waals surface area contributed by atoms with Gasteiger partial charge in [-0.05, 0) is 43.9 Å². The van der Waals surface area contributed by atoms with Crippen molar-refractivity contribution in [2.24, 2.45) is 5.92 Å². The molecule has 2 heterocycles. The maximum absolute atomic E-state index is 13.4. The number of nitrogens with zero attached hydrogens (tertiary/aromatic N) is 2. The number of ketones is 1. The molecule has 1 atom stereocenters. The van der Waals surface area contributed by atoms with E-state index in [1.54, 1.807) is 68.4 Å². The van der Waals surface area contributed by atoms with Gasteiger partial charge in [0.05, 0.1) is 30.5 Å². The molecule has 1 fully saturated rings. The fourth-order valence-electron chi connectivity index (χ4n) is 4.15. The van der Waals surface area contributed by atoms with Gasteiger partial charge in [0.2, 0.25) is 0 Å². The van der Waals surface area contributed by atoms with E-state index >= 15 is 0 Å². The molecule has 0 radical (unpaired) electrons. The Hall–Kier alpha value is -3.98.